The molecule has 144 valence electrons. The van der Waals surface area contributed by atoms with Gasteiger partial charge in [-0.05, 0) is 48.2 Å². The lowest BCUT2D eigenvalue weighted by Crippen LogP contribution is -2.30. The molecule has 1 aliphatic rings. The van der Waals surface area contributed by atoms with E-state index in [1.54, 1.807) is 0 Å². The highest BCUT2D eigenvalue weighted by Crippen LogP contribution is 2.28. The topological polar surface area (TPSA) is 124 Å². The van der Waals surface area contributed by atoms with Crippen LogP contribution in [0.4, 0.5) is 11.6 Å². The summed E-state index contributed by atoms with van der Waals surface area (Å²) in [6.45, 7) is 1.78. The Hall–Kier alpha value is -3.23. The van der Waals surface area contributed by atoms with Gasteiger partial charge in [-0.15, -0.1) is 0 Å². The van der Waals surface area contributed by atoms with Crippen LogP contribution < -0.4 is 10.7 Å². The van der Waals surface area contributed by atoms with Gasteiger partial charge < -0.3 is 15.9 Å². The van der Waals surface area contributed by atoms with Crippen molar-refractivity contribution < 1.29 is 10.2 Å². The third kappa shape index (κ3) is 3.23. The van der Waals surface area contributed by atoms with E-state index in [1.807, 2.05) is 41.4 Å². The fourth-order valence-corrected chi connectivity index (χ4v) is 3.51. The van der Waals surface area contributed by atoms with Gasteiger partial charge >= 0.3 is 0 Å². The maximum atomic E-state index is 9.77. The number of H-pyrrole nitrogens is 1. The van der Waals surface area contributed by atoms with Gasteiger partial charge in [0.2, 0.25) is 5.95 Å². The van der Waals surface area contributed by atoms with Crippen molar-refractivity contribution in [2.24, 2.45) is 5.10 Å². The Balaban J connectivity index is 1.94. The van der Waals surface area contributed by atoms with Gasteiger partial charge in [0.1, 0.15) is 6.33 Å². The molecule has 5 N–H and O–H groups in total. The minimum absolute atomic E-state index is 0.00417. The Morgan fingerprint density at radius 1 is 1.14 bits per heavy atom. The quantitative estimate of drug-likeness (QED) is 0.511. The second-order valence-electron chi connectivity index (χ2n) is 6.87. The third-order valence-corrected chi connectivity index (χ3v) is 4.97. The Labute approximate surface area is 162 Å². The molecule has 3 aromatic rings. The molecule has 1 atom stereocenters. The van der Waals surface area contributed by atoms with E-state index in [4.69, 9.17) is 10.8 Å². The van der Waals surface area contributed by atoms with Crippen LogP contribution in [0.2, 0.25) is 0 Å². The molecule has 1 aliphatic heterocycles. The summed E-state index contributed by atoms with van der Waals surface area (Å²) in [7, 11) is 0. The Morgan fingerprint density at radius 2 is 1.86 bits per heavy atom. The van der Waals surface area contributed by atoms with Crippen LogP contribution in [0.25, 0.3) is 0 Å². The molecule has 4 rings (SSSR count). The van der Waals surface area contributed by atoms with Crippen molar-refractivity contribution in [3.05, 3.63) is 70.5 Å². The molecular formula is C20H22N6O2. The summed E-state index contributed by atoms with van der Waals surface area (Å²) in [5.41, 5.74) is 11.5. The molecule has 28 heavy (non-hydrogen) atoms. The van der Waals surface area contributed by atoms with Gasteiger partial charge in [-0.1, -0.05) is 18.2 Å². The number of hydrazone groups is 1. The van der Waals surface area contributed by atoms with Gasteiger partial charge in [0, 0.05) is 16.8 Å². The number of hydrogen-bond donors (Lipinski definition) is 4. The van der Waals surface area contributed by atoms with Crippen LogP contribution in [0.3, 0.4) is 0 Å². The van der Waals surface area contributed by atoms with Gasteiger partial charge in [0.25, 0.3) is 0 Å². The number of fused-ring (bicyclic) bond motifs is 1. The highest BCUT2D eigenvalue weighted by atomic mass is 16.3. The number of aromatic nitrogens is 3. The SMILES string of the molecule is CC1Cc2cc(CO)c(CO)cc2C(c2ccc(N)cc2)=NN1c1ncn[nH]1. The average molecular weight is 378 g/mol. The molecule has 0 bridgehead atoms. The van der Waals surface area contributed by atoms with E-state index < -0.39 is 0 Å². The van der Waals surface area contributed by atoms with Gasteiger partial charge in [-0.3, -0.25) is 0 Å². The minimum atomic E-state index is -0.153. The molecule has 0 spiro atoms. The summed E-state index contributed by atoms with van der Waals surface area (Å²) in [5.74, 6) is 0.554. The number of aliphatic hydroxyl groups excluding tert-OH is 2. The van der Waals surface area contributed by atoms with Crippen molar-refractivity contribution in [1.82, 2.24) is 15.2 Å². The van der Waals surface area contributed by atoms with Crippen LogP contribution in [0, 0.1) is 0 Å². The molecule has 2 aromatic carbocycles. The summed E-state index contributed by atoms with van der Waals surface area (Å²) in [6.07, 6.45) is 2.14. The molecule has 0 radical (unpaired) electrons. The van der Waals surface area contributed by atoms with E-state index in [1.165, 1.54) is 6.33 Å². The van der Waals surface area contributed by atoms with E-state index in [0.29, 0.717) is 23.6 Å². The fourth-order valence-electron chi connectivity index (χ4n) is 3.51. The number of nitrogens with two attached hydrogens (primary N) is 1. The standard InChI is InChI=1S/C20H22N6O2/c1-12-6-14-7-15(9-27)16(10-28)8-18(14)19(13-2-4-17(21)5-3-13)25-26(12)20-22-11-23-24-20/h2-5,7-8,11-12,27-28H,6,9-10,21H2,1H3,(H,22,23,24). The van der Waals surface area contributed by atoms with Crippen LogP contribution in [0.5, 0.6) is 0 Å². The first-order valence-electron chi connectivity index (χ1n) is 9.06. The minimum Gasteiger partial charge on any atom is -0.399 e. The number of nitrogens with one attached hydrogen (secondary N) is 1. The summed E-state index contributed by atoms with van der Waals surface area (Å²) in [6, 6.07) is 11.4. The molecule has 0 saturated heterocycles. The van der Waals surface area contributed by atoms with Crippen LogP contribution >= 0.6 is 0 Å². The van der Waals surface area contributed by atoms with E-state index in [-0.39, 0.29) is 19.3 Å². The zero-order valence-corrected chi connectivity index (χ0v) is 15.5. The van der Waals surface area contributed by atoms with E-state index in [2.05, 4.69) is 22.1 Å². The highest BCUT2D eigenvalue weighted by Gasteiger charge is 2.26. The van der Waals surface area contributed by atoms with Gasteiger partial charge in [-0.2, -0.15) is 15.2 Å². The predicted octanol–water partition coefficient (Wildman–Crippen LogP) is 1.58. The second-order valence-corrected chi connectivity index (χ2v) is 6.87. The number of aliphatic hydroxyl groups is 2. The summed E-state index contributed by atoms with van der Waals surface area (Å²) >= 11 is 0. The first-order valence-corrected chi connectivity index (χ1v) is 9.06. The monoisotopic (exact) mass is 378 g/mol. The van der Waals surface area contributed by atoms with Gasteiger partial charge in [0.05, 0.1) is 25.0 Å². The van der Waals surface area contributed by atoms with E-state index in [9.17, 15) is 10.2 Å². The number of aromatic amines is 1. The van der Waals surface area contributed by atoms with Crippen molar-refractivity contribution in [3.8, 4) is 0 Å². The van der Waals surface area contributed by atoms with Gasteiger partial charge in [0.15, 0.2) is 0 Å². The van der Waals surface area contributed by atoms with E-state index >= 15 is 0 Å². The lowest BCUT2D eigenvalue weighted by molar-refractivity contribution is 0.260. The molecule has 0 aliphatic carbocycles. The molecular weight excluding hydrogens is 356 g/mol. The highest BCUT2D eigenvalue weighted by molar-refractivity contribution is 6.14. The van der Waals surface area contributed by atoms with Crippen LogP contribution in [0.1, 0.15) is 34.7 Å². The number of rotatable bonds is 4. The predicted molar refractivity (Wildman–Crippen MR) is 107 cm³/mol. The maximum absolute atomic E-state index is 9.77. The number of anilines is 2. The summed E-state index contributed by atoms with van der Waals surface area (Å²) < 4.78 is 0. The molecule has 0 amide bonds. The summed E-state index contributed by atoms with van der Waals surface area (Å²) in [4.78, 5) is 4.26. The Bertz CT molecular complexity index is 998. The van der Waals surface area contributed by atoms with Crippen molar-refractivity contribution in [1.29, 1.82) is 0 Å². The fraction of sp³-hybridized carbons (Fsp3) is 0.250. The van der Waals surface area contributed by atoms with Crippen LogP contribution in [0.15, 0.2) is 47.8 Å². The number of benzene rings is 2. The van der Waals surface area contributed by atoms with Crippen molar-refractivity contribution in [3.63, 3.8) is 0 Å². The molecule has 1 unspecified atom stereocenters. The Morgan fingerprint density at radius 3 is 2.50 bits per heavy atom. The maximum Gasteiger partial charge on any atom is 0.242 e. The van der Waals surface area contributed by atoms with Gasteiger partial charge in [-0.25, -0.2) is 10.1 Å². The smallest absolute Gasteiger partial charge is 0.242 e. The van der Waals surface area contributed by atoms with Crippen molar-refractivity contribution >= 4 is 17.3 Å². The first kappa shape index (κ1) is 18.1. The second kappa shape index (κ2) is 7.41. The molecule has 0 fully saturated rings. The van der Waals surface area contributed by atoms with Crippen LogP contribution in [-0.2, 0) is 19.6 Å². The lowest BCUT2D eigenvalue weighted by Gasteiger charge is -2.22. The molecule has 8 heteroatoms. The van der Waals surface area contributed by atoms with E-state index in [0.717, 1.165) is 28.0 Å². The van der Waals surface area contributed by atoms with Crippen molar-refractivity contribution in [2.75, 3.05) is 10.7 Å². The zero-order valence-electron chi connectivity index (χ0n) is 15.5. The first-order chi connectivity index (χ1) is 13.6. The number of hydrogen-bond acceptors (Lipinski definition) is 7. The lowest BCUT2D eigenvalue weighted by atomic mass is 9.90. The number of nitrogens with zero attached hydrogens (tertiary/aromatic N) is 4. The zero-order chi connectivity index (χ0) is 19.7. The number of nitrogen functional groups attached to an aromatic ring is 1. The third-order valence-electron chi connectivity index (χ3n) is 4.97. The molecule has 0 saturated carbocycles. The summed E-state index contributed by atoms with van der Waals surface area (Å²) in [5, 5.41) is 33.0. The largest absolute Gasteiger partial charge is 0.399 e. The normalized spacial score (nSPS) is 16.5. The van der Waals surface area contributed by atoms with Crippen LogP contribution in [-0.4, -0.2) is 37.1 Å². The average Bonchev–Trinajstić information content (AvgIpc) is 3.19. The molecule has 2 heterocycles. The van der Waals surface area contributed by atoms with Crippen molar-refractivity contribution in [2.45, 2.75) is 32.6 Å². The molecule has 8 nitrogen and oxygen atoms in total. The molecule has 1 aromatic heterocycles. The Kier molecular flexibility index (Phi) is 4.81.